The van der Waals surface area contributed by atoms with Crippen molar-refractivity contribution in [3.05, 3.63) is 23.5 Å². The fourth-order valence-electron chi connectivity index (χ4n) is 1.94. The first-order valence-electron chi connectivity index (χ1n) is 6.96. The first-order chi connectivity index (χ1) is 10.2. The van der Waals surface area contributed by atoms with E-state index in [1.54, 1.807) is 27.7 Å². The van der Waals surface area contributed by atoms with Crippen LogP contribution in [0.5, 0.6) is 0 Å². The normalized spacial score (nSPS) is 23.6. The molecule has 1 fully saturated rings. The molecule has 7 nitrogen and oxygen atoms in total. The number of esters is 1. The average molecular weight is 309 g/mol. The molecule has 1 atom stereocenters. The van der Waals surface area contributed by atoms with Crippen LogP contribution in [0.2, 0.25) is 0 Å². The number of imide groups is 1. The quantitative estimate of drug-likeness (QED) is 0.440. The van der Waals surface area contributed by atoms with Crippen LogP contribution < -0.4 is 0 Å². The Kier molecular flexibility index (Phi) is 4.25. The molecule has 2 rings (SSSR count). The van der Waals surface area contributed by atoms with E-state index in [2.05, 4.69) is 0 Å². The van der Waals surface area contributed by atoms with Crippen molar-refractivity contribution in [2.24, 2.45) is 0 Å². The van der Waals surface area contributed by atoms with Gasteiger partial charge in [-0.1, -0.05) is 0 Å². The lowest BCUT2D eigenvalue weighted by Crippen LogP contribution is -2.37. The number of amides is 2. The van der Waals surface area contributed by atoms with Crippen LogP contribution in [0.25, 0.3) is 0 Å². The number of likely N-dealkylation sites (tertiary alicyclic amines) is 1. The first-order valence-corrected chi connectivity index (χ1v) is 6.96. The van der Waals surface area contributed by atoms with Crippen LogP contribution in [-0.2, 0) is 23.8 Å². The van der Waals surface area contributed by atoms with Crippen molar-refractivity contribution in [2.75, 3.05) is 6.54 Å². The van der Waals surface area contributed by atoms with Gasteiger partial charge < -0.3 is 14.2 Å². The zero-order chi connectivity index (χ0) is 16.5. The summed E-state index contributed by atoms with van der Waals surface area (Å²) in [5.41, 5.74) is 0.122. The lowest BCUT2D eigenvalue weighted by molar-refractivity contribution is -0.152. The summed E-state index contributed by atoms with van der Waals surface area (Å²) < 4.78 is 15.3. The van der Waals surface area contributed by atoms with Crippen molar-refractivity contribution in [3.63, 3.8) is 0 Å². The predicted octanol–water partition coefficient (Wildman–Crippen LogP) is 1.88. The van der Waals surface area contributed by atoms with Gasteiger partial charge in [0.15, 0.2) is 0 Å². The molecule has 2 aliphatic rings. The van der Waals surface area contributed by atoms with Gasteiger partial charge in [0.2, 0.25) is 0 Å². The fourth-order valence-corrected chi connectivity index (χ4v) is 1.94. The second kappa shape index (κ2) is 5.82. The zero-order valence-electron chi connectivity index (χ0n) is 13.0. The third-order valence-electron chi connectivity index (χ3n) is 3.01. The van der Waals surface area contributed by atoms with Crippen molar-refractivity contribution in [1.82, 2.24) is 4.90 Å². The van der Waals surface area contributed by atoms with E-state index < -0.39 is 29.9 Å². The Morgan fingerprint density at radius 1 is 1.41 bits per heavy atom. The fraction of sp³-hybridized carbons (Fsp3) is 0.533. The van der Waals surface area contributed by atoms with Gasteiger partial charge >= 0.3 is 12.1 Å². The summed E-state index contributed by atoms with van der Waals surface area (Å²) in [5, 5.41) is 0. The Morgan fingerprint density at radius 2 is 2.09 bits per heavy atom. The molecule has 2 aliphatic heterocycles. The van der Waals surface area contributed by atoms with Crippen LogP contribution in [-0.4, -0.2) is 41.3 Å². The summed E-state index contributed by atoms with van der Waals surface area (Å²) in [6.07, 6.45) is 1.61. The third kappa shape index (κ3) is 3.66. The van der Waals surface area contributed by atoms with Crippen LogP contribution in [0, 0.1) is 0 Å². The molecule has 0 bridgehead atoms. The molecule has 2 heterocycles. The summed E-state index contributed by atoms with van der Waals surface area (Å²) in [7, 11) is 0. The second-order valence-corrected chi connectivity index (χ2v) is 6.09. The Hall–Kier alpha value is -2.31. The van der Waals surface area contributed by atoms with Crippen molar-refractivity contribution in [3.8, 4) is 0 Å². The molecular formula is C15H19NO6. The standard InChI is InChI=1S/C15H19NO6/c1-9-7-11(21-13(9)18)20-8-10-5-6-16(12(10)17)14(19)22-15(2,3)4/h7-8,11H,5-6H2,1-4H3. The number of carbonyl (C=O) groups is 3. The number of hydrogen-bond donors (Lipinski definition) is 0. The van der Waals surface area contributed by atoms with E-state index in [9.17, 15) is 14.4 Å². The van der Waals surface area contributed by atoms with Gasteiger partial charge in [0.25, 0.3) is 12.2 Å². The number of hydrogen-bond acceptors (Lipinski definition) is 6. The Balaban J connectivity index is 1.95. The molecule has 0 N–H and O–H groups in total. The van der Waals surface area contributed by atoms with Crippen LogP contribution >= 0.6 is 0 Å². The Bertz CT molecular complexity index is 569. The highest BCUT2D eigenvalue weighted by atomic mass is 16.7. The molecule has 1 unspecified atom stereocenters. The molecule has 0 aromatic rings. The number of nitrogens with zero attached hydrogens (tertiary/aromatic N) is 1. The van der Waals surface area contributed by atoms with E-state index in [0.717, 1.165) is 4.90 Å². The molecule has 0 saturated carbocycles. The van der Waals surface area contributed by atoms with Crippen LogP contribution in [0.4, 0.5) is 4.79 Å². The molecular weight excluding hydrogens is 290 g/mol. The summed E-state index contributed by atoms with van der Waals surface area (Å²) in [4.78, 5) is 36.2. The third-order valence-corrected chi connectivity index (χ3v) is 3.01. The van der Waals surface area contributed by atoms with E-state index in [4.69, 9.17) is 14.2 Å². The largest absolute Gasteiger partial charge is 0.458 e. The summed E-state index contributed by atoms with van der Waals surface area (Å²) >= 11 is 0. The topological polar surface area (TPSA) is 82.1 Å². The van der Waals surface area contributed by atoms with Crippen molar-refractivity contribution in [2.45, 2.75) is 46.0 Å². The van der Waals surface area contributed by atoms with Gasteiger partial charge in [-0.25, -0.2) is 14.5 Å². The Labute approximate surface area is 128 Å². The van der Waals surface area contributed by atoms with E-state index >= 15 is 0 Å². The molecule has 2 amide bonds. The molecule has 120 valence electrons. The van der Waals surface area contributed by atoms with Gasteiger partial charge in [-0.05, 0) is 34.1 Å². The van der Waals surface area contributed by atoms with Crippen molar-refractivity contribution >= 4 is 18.0 Å². The van der Waals surface area contributed by atoms with Gasteiger partial charge in [-0.3, -0.25) is 4.79 Å². The highest BCUT2D eigenvalue weighted by molar-refractivity contribution is 6.04. The van der Waals surface area contributed by atoms with Gasteiger partial charge in [-0.2, -0.15) is 0 Å². The molecule has 1 saturated heterocycles. The SMILES string of the molecule is CC1=CC(OC=C2CCN(C(=O)OC(C)(C)C)C2=O)OC1=O. The Morgan fingerprint density at radius 3 is 2.64 bits per heavy atom. The highest BCUT2D eigenvalue weighted by Gasteiger charge is 2.34. The molecule has 7 heteroatoms. The van der Waals surface area contributed by atoms with E-state index in [1.807, 2.05) is 0 Å². The van der Waals surface area contributed by atoms with Gasteiger partial charge in [0.05, 0.1) is 11.8 Å². The number of cyclic esters (lactones) is 1. The van der Waals surface area contributed by atoms with E-state index in [0.29, 0.717) is 17.6 Å². The average Bonchev–Trinajstić information content (AvgIpc) is 2.89. The summed E-state index contributed by atoms with van der Waals surface area (Å²) in [6.45, 7) is 7.04. The molecule has 22 heavy (non-hydrogen) atoms. The maximum atomic E-state index is 12.1. The predicted molar refractivity (Wildman–Crippen MR) is 75.4 cm³/mol. The minimum absolute atomic E-state index is 0.238. The summed E-state index contributed by atoms with van der Waals surface area (Å²) in [5.74, 6) is -0.907. The second-order valence-electron chi connectivity index (χ2n) is 6.09. The lowest BCUT2D eigenvalue weighted by Gasteiger charge is -2.23. The molecule has 0 aliphatic carbocycles. The minimum Gasteiger partial charge on any atom is -0.458 e. The molecule has 0 radical (unpaired) electrons. The van der Waals surface area contributed by atoms with E-state index in [-0.39, 0.29) is 6.54 Å². The maximum absolute atomic E-state index is 12.1. The number of rotatable bonds is 2. The lowest BCUT2D eigenvalue weighted by atomic mass is 10.2. The van der Waals surface area contributed by atoms with Crippen molar-refractivity contribution < 1.29 is 28.6 Å². The maximum Gasteiger partial charge on any atom is 0.417 e. The van der Waals surface area contributed by atoms with Gasteiger partial charge in [0.1, 0.15) is 5.60 Å². The molecule has 0 aromatic carbocycles. The molecule has 0 aromatic heterocycles. The molecule has 0 spiro atoms. The first kappa shape index (κ1) is 16.1. The van der Waals surface area contributed by atoms with E-state index in [1.165, 1.54) is 12.3 Å². The number of ether oxygens (including phenoxy) is 3. The monoisotopic (exact) mass is 309 g/mol. The van der Waals surface area contributed by atoms with Crippen molar-refractivity contribution in [1.29, 1.82) is 0 Å². The van der Waals surface area contributed by atoms with Gasteiger partial charge in [-0.15, -0.1) is 0 Å². The van der Waals surface area contributed by atoms with Crippen LogP contribution in [0.1, 0.15) is 34.1 Å². The van der Waals surface area contributed by atoms with Crippen LogP contribution in [0.3, 0.4) is 0 Å². The number of carbonyl (C=O) groups excluding carboxylic acids is 3. The van der Waals surface area contributed by atoms with Gasteiger partial charge in [0, 0.05) is 18.2 Å². The minimum atomic E-state index is -0.830. The summed E-state index contributed by atoms with van der Waals surface area (Å²) in [6, 6.07) is 0. The zero-order valence-corrected chi connectivity index (χ0v) is 13.0. The smallest absolute Gasteiger partial charge is 0.417 e. The highest BCUT2D eigenvalue weighted by Crippen LogP contribution is 2.22. The van der Waals surface area contributed by atoms with Crippen LogP contribution in [0.15, 0.2) is 23.5 Å².